The molecule has 0 unspecified atom stereocenters. The Bertz CT molecular complexity index is 728. The zero-order valence-electron chi connectivity index (χ0n) is 14.7. The summed E-state index contributed by atoms with van der Waals surface area (Å²) in [7, 11) is 0. The topological polar surface area (TPSA) is 80.3 Å². The van der Waals surface area contributed by atoms with Crippen molar-refractivity contribution in [2.75, 3.05) is 18.5 Å². The highest BCUT2D eigenvalue weighted by atomic mass is 32.1. The van der Waals surface area contributed by atoms with Crippen LogP contribution in [0.5, 0.6) is 5.75 Å². The first-order valence-corrected chi connectivity index (χ1v) is 9.03. The third kappa shape index (κ3) is 6.54. The highest BCUT2D eigenvalue weighted by Crippen LogP contribution is 2.16. The third-order valence-corrected chi connectivity index (χ3v) is 4.14. The van der Waals surface area contributed by atoms with Gasteiger partial charge in [-0.25, -0.2) is 4.98 Å². The molecule has 0 spiro atoms. The van der Waals surface area contributed by atoms with Gasteiger partial charge in [0.15, 0.2) is 5.13 Å². The second-order valence-corrected chi connectivity index (χ2v) is 6.84. The number of aromatic nitrogens is 1. The van der Waals surface area contributed by atoms with E-state index in [1.54, 1.807) is 5.38 Å². The van der Waals surface area contributed by atoms with Gasteiger partial charge < -0.3 is 15.4 Å². The van der Waals surface area contributed by atoms with Crippen LogP contribution in [-0.2, 0) is 16.0 Å². The predicted octanol–water partition coefficient (Wildman–Crippen LogP) is 2.78. The van der Waals surface area contributed by atoms with Crippen molar-refractivity contribution in [2.24, 2.45) is 5.92 Å². The van der Waals surface area contributed by atoms with Gasteiger partial charge in [0.1, 0.15) is 12.4 Å². The average molecular weight is 361 g/mol. The van der Waals surface area contributed by atoms with Crippen LogP contribution in [0, 0.1) is 12.8 Å². The van der Waals surface area contributed by atoms with E-state index in [2.05, 4.69) is 15.6 Å². The van der Waals surface area contributed by atoms with Gasteiger partial charge in [-0.3, -0.25) is 9.59 Å². The van der Waals surface area contributed by atoms with Crippen LogP contribution in [0.4, 0.5) is 5.13 Å². The SMILES string of the molecule is Cc1cccc(OCCNC(=O)Cc2csc(NC(=O)C(C)C)n2)c1. The largest absolute Gasteiger partial charge is 0.492 e. The number of ether oxygens (including phenoxy) is 1. The monoisotopic (exact) mass is 361 g/mol. The number of anilines is 1. The van der Waals surface area contributed by atoms with Crippen molar-refractivity contribution in [3.05, 3.63) is 40.9 Å². The van der Waals surface area contributed by atoms with Crippen molar-refractivity contribution in [3.8, 4) is 5.75 Å². The van der Waals surface area contributed by atoms with E-state index in [0.29, 0.717) is 24.0 Å². The van der Waals surface area contributed by atoms with Crippen LogP contribution in [-0.4, -0.2) is 29.9 Å². The van der Waals surface area contributed by atoms with Gasteiger partial charge in [0.05, 0.1) is 18.7 Å². The average Bonchev–Trinajstić information content (AvgIpc) is 2.98. The van der Waals surface area contributed by atoms with E-state index in [0.717, 1.165) is 11.3 Å². The van der Waals surface area contributed by atoms with Crippen molar-refractivity contribution in [1.29, 1.82) is 0 Å². The number of carbonyl (C=O) groups excluding carboxylic acids is 2. The molecule has 2 N–H and O–H groups in total. The number of amides is 2. The molecule has 6 nitrogen and oxygen atoms in total. The van der Waals surface area contributed by atoms with Crippen molar-refractivity contribution in [2.45, 2.75) is 27.2 Å². The van der Waals surface area contributed by atoms with Crippen LogP contribution < -0.4 is 15.4 Å². The number of benzene rings is 1. The zero-order chi connectivity index (χ0) is 18.2. The molecule has 134 valence electrons. The number of hydrogen-bond acceptors (Lipinski definition) is 5. The summed E-state index contributed by atoms with van der Waals surface area (Å²) in [6.45, 7) is 6.46. The van der Waals surface area contributed by atoms with Gasteiger partial charge in [-0.05, 0) is 24.6 Å². The van der Waals surface area contributed by atoms with Crippen molar-refractivity contribution in [3.63, 3.8) is 0 Å². The van der Waals surface area contributed by atoms with Crippen LogP contribution >= 0.6 is 11.3 Å². The molecule has 7 heteroatoms. The second-order valence-electron chi connectivity index (χ2n) is 5.98. The van der Waals surface area contributed by atoms with Gasteiger partial charge in [-0.1, -0.05) is 26.0 Å². The summed E-state index contributed by atoms with van der Waals surface area (Å²) in [6, 6.07) is 7.77. The molecule has 1 aromatic heterocycles. The molecule has 2 aromatic rings. The van der Waals surface area contributed by atoms with Gasteiger partial charge in [-0.15, -0.1) is 11.3 Å². The molecule has 25 heavy (non-hydrogen) atoms. The molecule has 0 aliphatic heterocycles. The Morgan fingerprint density at radius 3 is 2.84 bits per heavy atom. The molecule has 0 bridgehead atoms. The molecule has 0 radical (unpaired) electrons. The van der Waals surface area contributed by atoms with E-state index in [4.69, 9.17) is 4.74 Å². The summed E-state index contributed by atoms with van der Waals surface area (Å²) in [5, 5.41) is 7.82. The Morgan fingerprint density at radius 2 is 2.12 bits per heavy atom. The maximum absolute atomic E-state index is 11.9. The molecule has 0 saturated carbocycles. The van der Waals surface area contributed by atoms with Gasteiger partial charge in [0.2, 0.25) is 11.8 Å². The number of nitrogens with zero attached hydrogens (tertiary/aromatic N) is 1. The number of carbonyl (C=O) groups is 2. The summed E-state index contributed by atoms with van der Waals surface area (Å²) in [5.74, 6) is 0.474. The fourth-order valence-corrected chi connectivity index (χ4v) is 2.70. The van der Waals surface area contributed by atoms with Crippen LogP contribution in [0.1, 0.15) is 25.1 Å². The minimum absolute atomic E-state index is 0.0846. The maximum Gasteiger partial charge on any atom is 0.228 e. The van der Waals surface area contributed by atoms with E-state index in [-0.39, 0.29) is 24.2 Å². The van der Waals surface area contributed by atoms with Crippen LogP contribution in [0.3, 0.4) is 0 Å². The molecule has 0 aliphatic carbocycles. The molecule has 0 aliphatic rings. The molecule has 2 amide bonds. The van der Waals surface area contributed by atoms with Crippen molar-refractivity contribution in [1.82, 2.24) is 10.3 Å². The molecule has 1 heterocycles. The number of nitrogens with one attached hydrogen (secondary N) is 2. The lowest BCUT2D eigenvalue weighted by molar-refractivity contribution is -0.120. The van der Waals surface area contributed by atoms with Gasteiger partial charge >= 0.3 is 0 Å². The van der Waals surface area contributed by atoms with Gasteiger partial charge in [0, 0.05) is 11.3 Å². The number of rotatable bonds is 8. The minimum Gasteiger partial charge on any atom is -0.492 e. The Hall–Kier alpha value is -2.41. The maximum atomic E-state index is 11.9. The Balaban J connectivity index is 1.70. The standard InChI is InChI=1S/C18H23N3O3S/c1-12(2)17(23)21-18-20-14(11-25-18)10-16(22)19-7-8-24-15-6-4-5-13(3)9-15/h4-6,9,11-12H,7-8,10H2,1-3H3,(H,19,22)(H,20,21,23). The Kier molecular flexibility index (Phi) is 6.94. The quantitative estimate of drug-likeness (QED) is 0.709. The molecule has 2 rings (SSSR count). The lowest BCUT2D eigenvalue weighted by Crippen LogP contribution is -2.29. The fourth-order valence-electron chi connectivity index (χ4n) is 1.99. The summed E-state index contributed by atoms with van der Waals surface area (Å²) in [4.78, 5) is 27.8. The number of hydrogen-bond donors (Lipinski definition) is 2. The number of aryl methyl sites for hydroxylation is 1. The number of thiazole rings is 1. The summed E-state index contributed by atoms with van der Waals surface area (Å²) < 4.78 is 5.58. The van der Waals surface area contributed by atoms with Crippen molar-refractivity contribution < 1.29 is 14.3 Å². The molecular weight excluding hydrogens is 338 g/mol. The third-order valence-electron chi connectivity index (χ3n) is 3.33. The molecule has 1 aromatic carbocycles. The summed E-state index contributed by atoms with van der Waals surface area (Å²) >= 11 is 1.32. The highest BCUT2D eigenvalue weighted by molar-refractivity contribution is 7.13. The first-order chi connectivity index (χ1) is 11.9. The summed E-state index contributed by atoms with van der Waals surface area (Å²) in [5.41, 5.74) is 1.77. The first-order valence-electron chi connectivity index (χ1n) is 8.15. The summed E-state index contributed by atoms with van der Waals surface area (Å²) in [6.07, 6.45) is 0.179. The van der Waals surface area contributed by atoms with E-state index >= 15 is 0 Å². The zero-order valence-corrected chi connectivity index (χ0v) is 15.5. The van der Waals surface area contributed by atoms with Gasteiger partial charge in [0.25, 0.3) is 0 Å². The smallest absolute Gasteiger partial charge is 0.228 e. The van der Waals surface area contributed by atoms with Crippen LogP contribution in [0.25, 0.3) is 0 Å². The lowest BCUT2D eigenvalue weighted by Gasteiger charge is -2.08. The predicted molar refractivity (Wildman–Crippen MR) is 99.0 cm³/mol. The van der Waals surface area contributed by atoms with E-state index in [1.165, 1.54) is 11.3 Å². The van der Waals surface area contributed by atoms with E-state index in [9.17, 15) is 9.59 Å². The van der Waals surface area contributed by atoms with Crippen molar-refractivity contribution >= 4 is 28.3 Å². The van der Waals surface area contributed by atoms with Gasteiger partial charge in [-0.2, -0.15) is 0 Å². The van der Waals surface area contributed by atoms with Crippen LogP contribution in [0.2, 0.25) is 0 Å². The first kappa shape index (κ1) is 18.9. The highest BCUT2D eigenvalue weighted by Gasteiger charge is 2.11. The second kappa shape index (κ2) is 9.17. The molecule has 0 saturated heterocycles. The Morgan fingerprint density at radius 1 is 1.32 bits per heavy atom. The fraction of sp³-hybridized carbons (Fsp3) is 0.389. The molecular formula is C18H23N3O3S. The van der Waals surface area contributed by atoms with E-state index < -0.39 is 0 Å². The molecule has 0 fully saturated rings. The van der Waals surface area contributed by atoms with Crippen LogP contribution in [0.15, 0.2) is 29.6 Å². The normalized spacial score (nSPS) is 10.6. The molecule has 0 atom stereocenters. The lowest BCUT2D eigenvalue weighted by atomic mass is 10.2. The van der Waals surface area contributed by atoms with E-state index in [1.807, 2.05) is 45.0 Å². The minimum atomic E-state index is -0.125. The Labute approximate surface area is 151 Å².